The second kappa shape index (κ2) is 6.46. The Balaban J connectivity index is 1.86. The number of halogens is 2. The first-order valence-corrected chi connectivity index (χ1v) is 7.87. The Kier molecular flexibility index (Phi) is 4.41. The van der Waals surface area contributed by atoms with Gasteiger partial charge in [-0.15, -0.1) is 0 Å². The topological polar surface area (TPSA) is 42.0 Å². The largest absolute Gasteiger partial charge is 0.348 e. The molecular formula is C17H12BrClN2O. The highest BCUT2D eigenvalue weighted by atomic mass is 79.9. The zero-order valence-corrected chi connectivity index (χ0v) is 13.9. The fraction of sp³-hybridized carbons (Fsp3) is 0.0588. The Bertz CT molecular complexity index is 851. The zero-order chi connectivity index (χ0) is 15.5. The van der Waals surface area contributed by atoms with E-state index in [4.69, 9.17) is 11.6 Å². The number of carbonyl (C=O) groups excluding carboxylic acids is 1. The molecule has 1 aromatic heterocycles. The lowest BCUT2D eigenvalue weighted by atomic mass is 10.1. The predicted molar refractivity (Wildman–Crippen MR) is 92.1 cm³/mol. The Morgan fingerprint density at radius 3 is 2.86 bits per heavy atom. The van der Waals surface area contributed by atoms with E-state index in [9.17, 15) is 4.79 Å². The molecule has 0 fully saturated rings. The van der Waals surface area contributed by atoms with Crippen molar-refractivity contribution in [2.24, 2.45) is 0 Å². The second-order valence-corrected chi connectivity index (χ2v) is 6.19. The molecule has 0 aliphatic heterocycles. The van der Waals surface area contributed by atoms with E-state index in [1.807, 2.05) is 36.4 Å². The van der Waals surface area contributed by atoms with Crippen molar-refractivity contribution in [3.63, 3.8) is 0 Å². The number of aromatic nitrogens is 1. The molecule has 22 heavy (non-hydrogen) atoms. The minimum atomic E-state index is -0.189. The monoisotopic (exact) mass is 374 g/mol. The summed E-state index contributed by atoms with van der Waals surface area (Å²) in [5.41, 5.74) is 2.15. The summed E-state index contributed by atoms with van der Waals surface area (Å²) in [6.07, 6.45) is 1.67. The van der Waals surface area contributed by atoms with Gasteiger partial charge in [0.25, 0.3) is 5.91 Å². The van der Waals surface area contributed by atoms with Gasteiger partial charge in [-0.25, -0.2) is 0 Å². The third-order valence-corrected chi connectivity index (χ3v) is 3.97. The summed E-state index contributed by atoms with van der Waals surface area (Å²) < 4.78 is 0.981. The Morgan fingerprint density at radius 1 is 1.18 bits per heavy atom. The summed E-state index contributed by atoms with van der Waals surface area (Å²) in [6, 6.07) is 15.0. The maximum Gasteiger partial charge on any atom is 0.253 e. The van der Waals surface area contributed by atoms with E-state index < -0.39 is 0 Å². The van der Waals surface area contributed by atoms with Crippen LogP contribution in [0.2, 0.25) is 5.02 Å². The van der Waals surface area contributed by atoms with Gasteiger partial charge in [0.05, 0.1) is 11.1 Å². The smallest absolute Gasteiger partial charge is 0.253 e. The maximum atomic E-state index is 12.4. The minimum Gasteiger partial charge on any atom is -0.348 e. The lowest BCUT2D eigenvalue weighted by Crippen LogP contribution is -2.23. The third kappa shape index (κ3) is 3.29. The molecule has 0 radical (unpaired) electrons. The van der Waals surface area contributed by atoms with Crippen LogP contribution in [0.5, 0.6) is 0 Å². The molecule has 1 N–H and O–H groups in total. The molecule has 1 amide bonds. The third-order valence-electron chi connectivity index (χ3n) is 3.26. The van der Waals surface area contributed by atoms with Crippen LogP contribution in [0, 0.1) is 0 Å². The lowest BCUT2D eigenvalue weighted by molar-refractivity contribution is 0.0952. The molecule has 0 saturated carbocycles. The molecule has 3 aromatic rings. The molecule has 3 rings (SSSR count). The Morgan fingerprint density at radius 2 is 2.05 bits per heavy atom. The molecule has 2 aromatic carbocycles. The number of rotatable bonds is 3. The van der Waals surface area contributed by atoms with Gasteiger partial charge >= 0.3 is 0 Å². The number of benzene rings is 2. The van der Waals surface area contributed by atoms with Crippen molar-refractivity contribution in [1.82, 2.24) is 10.3 Å². The van der Waals surface area contributed by atoms with Crippen molar-refractivity contribution in [1.29, 1.82) is 0 Å². The van der Waals surface area contributed by atoms with Crippen LogP contribution in [0.3, 0.4) is 0 Å². The molecule has 5 heteroatoms. The zero-order valence-electron chi connectivity index (χ0n) is 11.5. The minimum absolute atomic E-state index is 0.189. The van der Waals surface area contributed by atoms with Crippen molar-refractivity contribution in [2.45, 2.75) is 6.54 Å². The number of fused-ring (bicyclic) bond motifs is 1. The SMILES string of the molecule is O=C(NCc1cccc(Br)c1)c1cc(Cl)cc2cccnc12. The van der Waals surface area contributed by atoms with Crippen LogP contribution in [-0.2, 0) is 6.54 Å². The van der Waals surface area contributed by atoms with Gasteiger partial charge in [-0.2, -0.15) is 0 Å². The van der Waals surface area contributed by atoms with Crippen LogP contribution in [0.25, 0.3) is 10.9 Å². The van der Waals surface area contributed by atoms with Crippen LogP contribution >= 0.6 is 27.5 Å². The standard InChI is InChI=1S/C17H12BrClN2O/c18-13-5-1-3-11(7-13)10-21-17(22)15-9-14(19)8-12-4-2-6-20-16(12)15/h1-9H,10H2,(H,21,22). The lowest BCUT2D eigenvalue weighted by Gasteiger charge is -2.08. The summed E-state index contributed by atoms with van der Waals surface area (Å²) in [5.74, 6) is -0.189. The predicted octanol–water partition coefficient (Wildman–Crippen LogP) is 4.58. The van der Waals surface area contributed by atoms with Gasteiger partial charge in [0, 0.05) is 27.6 Å². The van der Waals surface area contributed by atoms with Gasteiger partial charge in [-0.05, 0) is 35.9 Å². The fourth-order valence-corrected chi connectivity index (χ4v) is 2.93. The quantitative estimate of drug-likeness (QED) is 0.728. The summed E-state index contributed by atoms with van der Waals surface area (Å²) in [7, 11) is 0. The van der Waals surface area contributed by atoms with Gasteiger partial charge in [0.2, 0.25) is 0 Å². The van der Waals surface area contributed by atoms with Gasteiger partial charge in [0.1, 0.15) is 0 Å². The van der Waals surface area contributed by atoms with Crippen molar-refractivity contribution in [3.05, 3.63) is 75.4 Å². The molecular weight excluding hydrogens is 364 g/mol. The van der Waals surface area contributed by atoms with Crippen LogP contribution in [0.1, 0.15) is 15.9 Å². The van der Waals surface area contributed by atoms with Crippen LogP contribution in [0.4, 0.5) is 0 Å². The number of nitrogens with zero attached hydrogens (tertiary/aromatic N) is 1. The van der Waals surface area contributed by atoms with Crippen LogP contribution in [-0.4, -0.2) is 10.9 Å². The van der Waals surface area contributed by atoms with Gasteiger partial charge in [0.15, 0.2) is 0 Å². The van der Waals surface area contributed by atoms with Gasteiger partial charge in [-0.3, -0.25) is 9.78 Å². The Labute approximate surface area is 141 Å². The van der Waals surface area contributed by atoms with E-state index in [0.29, 0.717) is 22.6 Å². The average Bonchev–Trinajstić information content (AvgIpc) is 2.52. The number of pyridine rings is 1. The molecule has 0 spiro atoms. The molecule has 0 unspecified atom stereocenters. The maximum absolute atomic E-state index is 12.4. The summed E-state index contributed by atoms with van der Waals surface area (Å²) in [5, 5.41) is 4.27. The van der Waals surface area contributed by atoms with Crippen LogP contribution in [0.15, 0.2) is 59.2 Å². The van der Waals surface area contributed by atoms with Gasteiger partial charge < -0.3 is 5.32 Å². The van der Waals surface area contributed by atoms with E-state index in [2.05, 4.69) is 26.2 Å². The molecule has 0 aliphatic carbocycles. The number of carbonyl (C=O) groups is 1. The average molecular weight is 376 g/mol. The first-order chi connectivity index (χ1) is 10.6. The highest BCUT2D eigenvalue weighted by Gasteiger charge is 2.12. The Hall–Kier alpha value is -1.91. The van der Waals surface area contributed by atoms with E-state index in [1.54, 1.807) is 18.3 Å². The van der Waals surface area contributed by atoms with Gasteiger partial charge in [-0.1, -0.05) is 45.7 Å². The van der Waals surface area contributed by atoms with E-state index in [-0.39, 0.29) is 5.91 Å². The molecule has 1 heterocycles. The highest BCUT2D eigenvalue weighted by Crippen LogP contribution is 2.22. The molecule has 3 nitrogen and oxygen atoms in total. The first kappa shape index (κ1) is 15.0. The molecule has 110 valence electrons. The van der Waals surface area contributed by atoms with Crippen molar-refractivity contribution in [2.75, 3.05) is 0 Å². The number of hydrogen-bond acceptors (Lipinski definition) is 2. The van der Waals surface area contributed by atoms with E-state index in [0.717, 1.165) is 15.4 Å². The summed E-state index contributed by atoms with van der Waals surface area (Å²) >= 11 is 9.51. The first-order valence-electron chi connectivity index (χ1n) is 6.70. The van der Waals surface area contributed by atoms with Crippen molar-refractivity contribution >= 4 is 44.3 Å². The fourth-order valence-electron chi connectivity index (χ4n) is 2.25. The normalized spacial score (nSPS) is 10.6. The number of amides is 1. The number of hydrogen-bond donors (Lipinski definition) is 1. The molecule has 0 atom stereocenters. The van der Waals surface area contributed by atoms with Crippen molar-refractivity contribution < 1.29 is 4.79 Å². The van der Waals surface area contributed by atoms with Crippen molar-refractivity contribution in [3.8, 4) is 0 Å². The molecule has 0 saturated heterocycles. The molecule has 0 bridgehead atoms. The highest BCUT2D eigenvalue weighted by molar-refractivity contribution is 9.10. The molecule has 0 aliphatic rings. The van der Waals surface area contributed by atoms with Crippen LogP contribution < -0.4 is 5.32 Å². The number of nitrogens with one attached hydrogen (secondary N) is 1. The summed E-state index contributed by atoms with van der Waals surface area (Å²) in [4.78, 5) is 16.7. The van der Waals surface area contributed by atoms with E-state index >= 15 is 0 Å². The van der Waals surface area contributed by atoms with E-state index in [1.165, 1.54) is 0 Å². The second-order valence-electron chi connectivity index (χ2n) is 4.84. The summed E-state index contributed by atoms with van der Waals surface area (Å²) in [6.45, 7) is 0.444.